The van der Waals surface area contributed by atoms with E-state index in [9.17, 15) is 9.59 Å². The zero-order valence-corrected chi connectivity index (χ0v) is 20.7. The number of nitrogens with one attached hydrogen (secondary N) is 1. The van der Waals surface area contributed by atoms with Gasteiger partial charge >= 0.3 is 0 Å². The third kappa shape index (κ3) is 5.03. The Balaban J connectivity index is 1.32. The van der Waals surface area contributed by atoms with Crippen molar-refractivity contribution in [2.45, 2.75) is 46.1 Å². The Morgan fingerprint density at radius 3 is 2.59 bits per heavy atom. The van der Waals surface area contributed by atoms with Crippen LogP contribution in [0.4, 0.5) is 0 Å². The molecule has 2 aromatic heterocycles. The second-order valence-electron chi connectivity index (χ2n) is 8.05. The number of halogens is 1. The molecule has 1 saturated heterocycles. The second kappa shape index (κ2) is 9.68. The summed E-state index contributed by atoms with van der Waals surface area (Å²) in [6, 6.07) is 5.77. The van der Waals surface area contributed by atoms with E-state index in [-0.39, 0.29) is 17.7 Å². The molecule has 1 aromatic carbocycles. The first kappa shape index (κ1) is 22.9. The highest BCUT2D eigenvalue weighted by Crippen LogP contribution is 2.31. The lowest BCUT2D eigenvalue weighted by atomic mass is 9.97. The van der Waals surface area contributed by atoms with E-state index in [0.29, 0.717) is 30.4 Å². The number of carbonyl (C=O) groups excluding carboxylic acids is 2. The standard InChI is InChI=1S/C23H25ClN4O2S2/c1-13-4-5-16(10-18(13)24)11-25-21(29)19-12-31-22(27-19)17-6-8-28(9-7-17)23(30)20-14(2)26-15(3)32-20/h4-5,10,12,17H,6-9,11H2,1-3H3,(H,25,29). The maximum atomic E-state index is 12.8. The Kier molecular flexibility index (Phi) is 6.93. The molecule has 1 aliphatic heterocycles. The van der Waals surface area contributed by atoms with Gasteiger partial charge in [-0.2, -0.15) is 0 Å². The molecule has 0 bridgehead atoms. The first-order chi connectivity index (χ1) is 15.3. The lowest BCUT2D eigenvalue weighted by molar-refractivity contribution is 0.0717. The average molecular weight is 489 g/mol. The van der Waals surface area contributed by atoms with Crippen LogP contribution in [0.2, 0.25) is 5.02 Å². The zero-order valence-electron chi connectivity index (χ0n) is 18.3. The number of thiazole rings is 2. The van der Waals surface area contributed by atoms with Crippen LogP contribution in [0.3, 0.4) is 0 Å². The van der Waals surface area contributed by atoms with Gasteiger partial charge in [0.25, 0.3) is 11.8 Å². The number of carbonyl (C=O) groups is 2. The Morgan fingerprint density at radius 2 is 1.94 bits per heavy atom. The molecule has 0 unspecified atom stereocenters. The molecular formula is C23H25ClN4O2S2. The summed E-state index contributed by atoms with van der Waals surface area (Å²) in [5, 5.41) is 7.30. The highest BCUT2D eigenvalue weighted by Gasteiger charge is 2.28. The highest BCUT2D eigenvalue weighted by atomic mass is 35.5. The van der Waals surface area contributed by atoms with Gasteiger partial charge in [-0.1, -0.05) is 23.7 Å². The van der Waals surface area contributed by atoms with Crippen molar-refractivity contribution in [1.29, 1.82) is 0 Å². The van der Waals surface area contributed by atoms with Gasteiger partial charge in [0.2, 0.25) is 0 Å². The molecule has 1 aliphatic rings. The first-order valence-electron chi connectivity index (χ1n) is 10.5. The van der Waals surface area contributed by atoms with Crippen molar-refractivity contribution in [3.8, 4) is 0 Å². The largest absolute Gasteiger partial charge is 0.347 e. The van der Waals surface area contributed by atoms with Gasteiger partial charge in [-0.3, -0.25) is 9.59 Å². The Hall–Kier alpha value is -2.29. The molecule has 0 spiro atoms. The van der Waals surface area contributed by atoms with E-state index in [1.54, 1.807) is 0 Å². The summed E-state index contributed by atoms with van der Waals surface area (Å²) < 4.78 is 0. The molecule has 32 heavy (non-hydrogen) atoms. The van der Waals surface area contributed by atoms with Gasteiger partial charge in [-0.05, 0) is 50.8 Å². The molecule has 0 atom stereocenters. The molecule has 4 rings (SSSR count). The fourth-order valence-corrected chi connectivity index (χ4v) is 5.86. The molecule has 9 heteroatoms. The van der Waals surface area contributed by atoms with Gasteiger partial charge in [0.15, 0.2) is 0 Å². The summed E-state index contributed by atoms with van der Waals surface area (Å²) in [7, 11) is 0. The Morgan fingerprint density at radius 1 is 1.19 bits per heavy atom. The first-order valence-corrected chi connectivity index (χ1v) is 12.6. The number of likely N-dealkylation sites (tertiary alicyclic amines) is 1. The van der Waals surface area contributed by atoms with Crippen LogP contribution in [0.25, 0.3) is 0 Å². The van der Waals surface area contributed by atoms with Crippen LogP contribution in [0.1, 0.15) is 65.8 Å². The minimum Gasteiger partial charge on any atom is -0.347 e. The van der Waals surface area contributed by atoms with E-state index in [4.69, 9.17) is 11.6 Å². The van der Waals surface area contributed by atoms with Gasteiger partial charge in [-0.15, -0.1) is 22.7 Å². The lowest BCUT2D eigenvalue weighted by Crippen LogP contribution is -2.37. The van der Waals surface area contributed by atoms with Crippen LogP contribution in [-0.4, -0.2) is 39.8 Å². The van der Waals surface area contributed by atoms with Crippen molar-refractivity contribution in [1.82, 2.24) is 20.2 Å². The topological polar surface area (TPSA) is 75.2 Å². The highest BCUT2D eigenvalue weighted by molar-refractivity contribution is 7.13. The number of hydrogen-bond donors (Lipinski definition) is 1. The zero-order chi connectivity index (χ0) is 22.8. The fraction of sp³-hybridized carbons (Fsp3) is 0.391. The van der Waals surface area contributed by atoms with E-state index in [0.717, 1.165) is 44.6 Å². The predicted molar refractivity (Wildman–Crippen MR) is 129 cm³/mol. The van der Waals surface area contributed by atoms with Crippen LogP contribution >= 0.6 is 34.3 Å². The normalized spacial score (nSPS) is 14.6. The van der Waals surface area contributed by atoms with Gasteiger partial charge in [0.1, 0.15) is 10.6 Å². The summed E-state index contributed by atoms with van der Waals surface area (Å²) in [5.74, 6) is 0.153. The SMILES string of the molecule is Cc1nc(C)c(C(=O)N2CCC(c3nc(C(=O)NCc4ccc(C)c(Cl)c4)cs3)CC2)s1. The summed E-state index contributed by atoms with van der Waals surface area (Å²) in [5.41, 5.74) is 3.21. The third-order valence-corrected chi connectivity index (χ3v) is 8.15. The number of nitrogens with zero attached hydrogens (tertiary/aromatic N) is 3. The van der Waals surface area contributed by atoms with Crippen LogP contribution < -0.4 is 5.32 Å². The number of aryl methyl sites for hydroxylation is 3. The van der Waals surface area contributed by atoms with Gasteiger partial charge < -0.3 is 10.2 Å². The summed E-state index contributed by atoms with van der Waals surface area (Å²) >= 11 is 9.14. The smallest absolute Gasteiger partial charge is 0.271 e. The van der Waals surface area contributed by atoms with Gasteiger partial charge in [0.05, 0.1) is 15.7 Å². The molecule has 0 saturated carbocycles. The maximum absolute atomic E-state index is 12.8. The number of aromatic nitrogens is 2. The second-order valence-corrected chi connectivity index (χ2v) is 10.6. The average Bonchev–Trinajstić information content (AvgIpc) is 3.40. The molecule has 168 valence electrons. The van der Waals surface area contributed by atoms with E-state index in [1.807, 2.05) is 49.3 Å². The van der Waals surface area contributed by atoms with Crippen molar-refractivity contribution < 1.29 is 9.59 Å². The molecule has 0 radical (unpaired) electrons. The van der Waals surface area contributed by atoms with E-state index in [2.05, 4.69) is 15.3 Å². The lowest BCUT2D eigenvalue weighted by Gasteiger charge is -2.30. The minimum atomic E-state index is -0.187. The number of benzene rings is 1. The van der Waals surface area contributed by atoms with E-state index in [1.165, 1.54) is 22.7 Å². The van der Waals surface area contributed by atoms with Crippen molar-refractivity contribution in [3.63, 3.8) is 0 Å². The predicted octanol–water partition coefficient (Wildman–Crippen LogP) is 5.13. The summed E-state index contributed by atoms with van der Waals surface area (Å²) in [4.78, 5) is 37.0. The van der Waals surface area contributed by atoms with Gasteiger partial charge in [0, 0.05) is 36.0 Å². The fourth-order valence-electron chi connectivity index (χ4n) is 3.80. The molecule has 1 fully saturated rings. The molecular weight excluding hydrogens is 464 g/mol. The molecule has 6 nitrogen and oxygen atoms in total. The quantitative estimate of drug-likeness (QED) is 0.540. The molecule has 3 heterocycles. The Bertz CT molecular complexity index is 1150. The number of rotatable bonds is 5. The monoisotopic (exact) mass is 488 g/mol. The summed E-state index contributed by atoms with van der Waals surface area (Å²) in [6.45, 7) is 7.54. The van der Waals surface area contributed by atoms with E-state index >= 15 is 0 Å². The summed E-state index contributed by atoms with van der Waals surface area (Å²) in [6.07, 6.45) is 1.69. The van der Waals surface area contributed by atoms with Crippen molar-refractivity contribution in [2.75, 3.05) is 13.1 Å². The molecule has 2 amide bonds. The van der Waals surface area contributed by atoms with Crippen molar-refractivity contribution in [2.24, 2.45) is 0 Å². The van der Waals surface area contributed by atoms with Gasteiger partial charge in [-0.25, -0.2) is 9.97 Å². The van der Waals surface area contributed by atoms with Crippen LogP contribution in [0.15, 0.2) is 23.6 Å². The molecule has 3 aromatic rings. The minimum absolute atomic E-state index is 0.0713. The molecule has 1 N–H and O–H groups in total. The van der Waals surface area contributed by atoms with Crippen LogP contribution in [-0.2, 0) is 6.54 Å². The van der Waals surface area contributed by atoms with Crippen LogP contribution in [0, 0.1) is 20.8 Å². The van der Waals surface area contributed by atoms with E-state index < -0.39 is 0 Å². The van der Waals surface area contributed by atoms with Crippen molar-refractivity contribution in [3.05, 3.63) is 66.0 Å². The molecule has 0 aliphatic carbocycles. The maximum Gasteiger partial charge on any atom is 0.271 e. The number of piperidine rings is 1. The number of amides is 2. The number of hydrogen-bond acceptors (Lipinski definition) is 6. The third-order valence-electron chi connectivity index (χ3n) is 5.67. The Labute approximate surface area is 200 Å². The van der Waals surface area contributed by atoms with Crippen LogP contribution in [0.5, 0.6) is 0 Å². The van der Waals surface area contributed by atoms with Crippen molar-refractivity contribution >= 4 is 46.1 Å².